The Hall–Kier alpha value is -1.06. The number of aliphatic imine (C=N–C) groups is 1. The van der Waals surface area contributed by atoms with Crippen LogP contribution >= 0.6 is 24.0 Å². The SMILES string of the molecule is CN=C(NCc1ccc(N2CCOCC2)cc1)N(C)CCC1CCOCC1.I. The summed E-state index contributed by atoms with van der Waals surface area (Å²) in [6.45, 7) is 7.24. The van der Waals surface area contributed by atoms with Gasteiger partial charge in [-0.2, -0.15) is 0 Å². The van der Waals surface area contributed by atoms with Crippen LogP contribution in [0.1, 0.15) is 24.8 Å². The van der Waals surface area contributed by atoms with E-state index in [9.17, 15) is 0 Å². The van der Waals surface area contributed by atoms with Gasteiger partial charge in [-0.25, -0.2) is 0 Å². The van der Waals surface area contributed by atoms with Gasteiger partial charge < -0.3 is 24.6 Å². The summed E-state index contributed by atoms with van der Waals surface area (Å²) in [6, 6.07) is 8.82. The van der Waals surface area contributed by atoms with Gasteiger partial charge in [-0.1, -0.05) is 12.1 Å². The molecule has 0 amide bonds. The first-order valence-corrected chi connectivity index (χ1v) is 10.2. The van der Waals surface area contributed by atoms with Crippen molar-refractivity contribution in [1.82, 2.24) is 10.2 Å². The fourth-order valence-corrected chi connectivity index (χ4v) is 3.73. The normalized spacial score (nSPS) is 18.5. The van der Waals surface area contributed by atoms with Gasteiger partial charge in [-0.05, 0) is 42.9 Å². The average molecular weight is 502 g/mol. The van der Waals surface area contributed by atoms with E-state index in [4.69, 9.17) is 9.47 Å². The fraction of sp³-hybridized carbons (Fsp3) is 0.667. The molecule has 158 valence electrons. The van der Waals surface area contributed by atoms with Crippen LogP contribution in [0.25, 0.3) is 0 Å². The summed E-state index contributed by atoms with van der Waals surface area (Å²) in [5, 5.41) is 3.49. The zero-order valence-corrected chi connectivity index (χ0v) is 19.6. The van der Waals surface area contributed by atoms with E-state index in [0.29, 0.717) is 0 Å². The van der Waals surface area contributed by atoms with E-state index in [1.165, 1.54) is 30.5 Å². The summed E-state index contributed by atoms with van der Waals surface area (Å²) >= 11 is 0. The molecule has 3 rings (SSSR count). The van der Waals surface area contributed by atoms with Crippen molar-refractivity contribution in [3.63, 3.8) is 0 Å². The number of nitrogens with zero attached hydrogens (tertiary/aromatic N) is 3. The van der Waals surface area contributed by atoms with E-state index in [2.05, 4.69) is 51.4 Å². The number of benzene rings is 1. The van der Waals surface area contributed by atoms with Crippen molar-refractivity contribution in [3.05, 3.63) is 29.8 Å². The lowest BCUT2D eigenvalue weighted by Gasteiger charge is -2.29. The maximum absolute atomic E-state index is 5.45. The monoisotopic (exact) mass is 502 g/mol. The zero-order valence-electron chi connectivity index (χ0n) is 17.2. The molecule has 0 bridgehead atoms. The Kier molecular flexibility index (Phi) is 10.4. The first kappa shape index (κ1) is 23.2. The van der Waals surface area contributed by atoms with Crippen LogP contribution in [0, 0.1) is 5.92 Å². The molecule has 7 heteroatoms. The van der Waals surface area contributed by atoms with Crippen LogP contribution in [0.4, 0.5) is 5.69 Å². The minimum absolute atomic E-state index is 0. The molecular formula is C21H35IN4O2. The van der Waals surface area contributed by atoms with Gasteiger partial charge in [-0.15, -0.1) is 24.0 Å². The first-order valence-electron chi connectivity index (χ1n) is 10.2. The molecule has 0 aromatic heterocycles. The molecule has 2 aliphatic heterocycles. The minimum atomic E-state index is 0. The standard InChI is InChI=1S/C21H34N4O2.HI/c1-22-21(24(2)10-7-18-8-13-26-14-9-18)23-17-19-3-5-20(6-4-19)25-11-15-27-16-12-25;/h3-6,18H,7-17H2,1-2H3,(H,22,23);1H. The smallest absolute Gasteiger partial charge is 0.193 e. The third kappa shape index (κ3) is 7.08. The molecule has 0 spiro atoms. The molecular weight excluding hydrogens is 467 g/mol. The molecule has 2 heterocycles. The summed E-state index contributed by atoms with van der Waals surface area (Å²) < 4.78 is 10.9. The number of halogens is 1. The quantitative estimate of drug-likeness (QED) is 0.369. The van der Waals surface area contributed by atoms with Crippen LogP contribution in [-0.2, 0) is 16.0 Å². The summed E-state index contributed by atoms with van der Waals surface area (Å²) in [5.74, 6) is 1.74. The van der Waals surface area contributed by atoms with Crippen molar-refractivity contribution in [2.24, 2.45) is 10.9 Å². The number of guanidine groups is 1. The first-order chi connectivity index (χ1) is 13.3. The van der Waals surface area contributed by atoms with E-state index in [-0.39, 0.29) is 24.0 Å². The molecule has 1 N–H and O–H groups in total. The highest BCUT2D eigenvalue weighted by atomic mass is 127. The predicted octanol–water partition coefficient (Wildman–Crippen LogP) is 2.97. The summed E-state index contributed by atoms with van der Waals surface area (Å²) in [6.07, 6.45) is 3.58. The maximum Gasteiger partial charge on any atom is 0.193 e. The van der Waals surface area contributed by atoms with Crippen LogP contribution in [-0.4, -0.2) is 71.0 Å². The topological polar surface area (TPSA) is 49.3 Å². The molecule has 0 atom stereocenters. The van der Waals surface area contributed by atoms with Gasteiger partial charge in [0.05, 0.1) is 13.2 Å². The summed E-state index contributed by atoms with van der Waals surface area (Å²) in [5.41, 5.74) is 2.55. The van der Waals surface area contributed by atoms with Crippen LogP contribution < -0.4 is 10.2 Å². The molecule has 0 aliphatic carbocycles. The van der Waals surface area contributed by atoms with Gasteiger partial charge in [0.25, 0.3) is 0 Å². The van der Waals surface area contributed by atoms with Gasteiger partial charge in [0.1, 0.15) is 0 Å². The van der Waals surface area contributed by atoms with Crippen molar-refractivity contribution in [2.75, 3.05) is 65.1 Å². The molecule has 28 heavy (non-hydrogen) atoms. The molecule has 0 saturated carbocycles. The number of nitrogens with one attached hydrogen (secondary N) is 1. The largest absolute Gasteiger partial charge is 0.381 e. The second-order valence-corrected chi connectivity index (χ2v) is 7.43. The number of hydrogen-bond acceptors (Lipinski definition) is 4. The number of hydrogen-bond donors (Lipinski definition) is 1. The van der Waals surface area contributed by atoms with E-state index >= 15 is 0 Å². The molecule has 6 nitrogen and oxygen atoms in total. The Morgan fingerprint density at radius 2 is 1.75 bits per heavy atom. The molecule has 2 aliphatic rings. The molecule has 2 saturated heterocycles. The van der Waals surface area contributed by atoms with Crippen molar-refractivity contribution in [2.45, 2.75) is 25.8 Å². The van der Waals surface area contributed by atoms with Crippen LogP contribution in [0.15, 0.2) is 29.3 Å². The Balaban J connectivity index is 0.00000280. The lowest BCUT2D eigenvalue weighted by molar-refractivity contribution is 0.0625. The lowest BCUT2D eigenvalue weighted by Crippen LogP contribution is -2.39. The van der Waals surface area contributed by atoms with Gasteiger partial charge >= 0.3 is 0 Å². The van der Waals surface area contributed by atoms with E-state index in [1.54, 1.807) is 0 Å². The average Bonchev–Trinajstić information content (AvgIpc) is 2.74. The number of morpholine rings is 1. The Bertz CT molecular complexity index is 585. The van der Waals surface area contributed by atoms with Crippen LogP contribution in [0.3, 0.4) is 0 Å². The summed E-state index contributed by atoms with van der Waals surface area (Å²) in [4.78, 5) is 9.05. The van der Waals surface area contributed by atoms with E-state index in [1.807, 2.05) is 7.05 Å². The zero-order chi connectivity index (χ0) is 18.9. The Morgan fingerprint density at radius 1 is 1.11 bits per heavy atom. The molecule has 1 aromatic rings. The van der Waals surface area contributed by atoms with Gasteiger partial charge in [0.15, 0.2) is 5.96 Å². The van der Waals surface area contributed by atoms with E-state index < -0.39 is 0 Å². The van der Waals surface area contributed by atoms with E-state index in [0.717, 1.165) is 64.5 Å². The number of rotatable bonds is 6. The minimum Gasteiger partial charge on any atom is -0.381 e. The maximum atomic E-state index is 5.45. The Morgan fingerprint density at radius 3 is 2.39 bits per heavy atom. The summed E-state index contributed by atoms with van der Waals surface area (Å²) in [7, 11) is 3.98. The van der Waals surface area contributed by atoms with Gasteiger partial charge in [0, 0.05) is 59.2 Å². The van der Waals surface area contributed by atoms with Crippen molar-refractivity contribution in [3.8, 4) is 0 Å². The highest BCUT2D eigenvalue weighted by Crippen LogP contribution is 2.19. The second-order valence-electron chi connectivity index (χ2n) is 7.43. The number of ether oxygens (including phenoxy) is 2. The lowest BCUT2D eigenvalue weighted by atomic mass is 9.96. The molecule has 1 aromatic carbocycles. The molecule has 2 fully saturated rings. The fourth-order valence-electron chi connectivity index (χ4n) is 3.73. The highest BCUT2D eigenvalue weighted by molar-refractivity contribution is 14.0. The molecule has 0 radical (unpaired) electrons. The molecule has 0 unspecified atom stereocenters. The highest BCUT2D eigenvalue weighted by Gasteiger charge is 2.15. The van der Waals surface area contributed by atoms with Crippen molar-refractivity contribution >= 4 is 35.6 Å². The third-order valence-electron chi connectivity index (χ3n) is 5.55. The van der Waals surface area contributed by atoms with Crippen molar-refractivity contribution in [1.29, 1.82) is 0 Å². The van der Waals surface area contributed by atoms with Crippen LogP contribution in [0.2, 0.25) is 0 Å². The van der Waals surface area contributed by atoms with Gasteiger partial charge in [0.2, 0.25) is 0 Å². The second kappa shape index (κ2) is 12.5. The third-order valence-corrected chi connectivity index (χ3v) is 5.55. The predicted molar refractivity (Wildman–Crippen MR) is 126 cm³/mol. The Labute approximate surface area is 186 Å². The van der Waals surface area contributed by atoms with Gasteiger partial charge in [-0.3, -0.25) is 4.99 Å². The van der Waals surface area contributed by atoms with Crippen molar-refractivity contribution < 1.29 is 9.47 Å². The van der Waals surface area contributed by atoms with Crippen LogP contribution in [0.5, 0.6) is 0 Å². The number of anilines is 1.